The van der Waals surface area contributed by atoms with E-state index < -0.39 is 5.51 Å². The van der Waals surface area contributed by atoms with Crippen LogP contribution < -0.4 is 44.3 Å². The normalized spacial score (nSPS) is 12.6. The van der Waals surface area contributed by atoms with Gasteiger partial charge in [-0.25, -0.2) is 0 Å². The molecule has 0 unspecified atom stereocenters. The SMILES string of the molecule is Cc1cc(OCC[N+](C)(C)C)cc(C)c1-c1cc(-c2c(C)cc(OCC[N+](C)(C)C)cc2C)cc(P(=[Se])(c2cc(-c3c(C)cc(OCC[N+](C)(C)C)cc3C)cc(-c3c(C)cc(OCC[N+](C)(C)C)cc3C)c2)c2cc(-c3c(C)cc(OCC[N+](C)(C)C)cc3C)cc(-c3c(C)cc(OCC[N+](C)(C)C)cc3C)c2)c1. The molecule has 0 heterocycles. The molecule has 9 rings (SSSR count). The maximum atomic E-state index is 6.65. The third-order valence-corrected chi connectivity index (χ3v) is 27.7. The zero-order valence-electron chi connectivity index (χ0n) is 73.1. The van der Waals surface area contributed by atoms with Gasteiger partial charge in [0.2, 0.25) is 0 Å². The van der Waals surface area contributed by atoms with E-state index in [1.807, 2.05) is 0 Å². The van der Waals surface area contributed by atoms with Gasteiger partial charge in [-0.15, -0.1) is 0 Å². The average molecular weight is 1580 g/mol. The number of quaternary nitrogens is 6. The van der Waals surface area contributed by atoms with Gasteiger partial charge in [0.1, 0.15) is 0 Å². The van der Waals surface area contributed by atoms with Crippen molar-refractivity contribution in [3.05, 3.63) is 194 Å². The first kappa shape index (κ1) is 86.5. The molecule has 110 heavy (non-hydrogen) atoms. The Morgan fingerprint density at radius 1 is 0.200 bits per heavy atom. The minimum atomic E-state index is -3.12. The zero-order chi connectivity index (χ0) is 81.1. The third kappa shape index (κ3) is 22.9. The molecule has 0 bridgehead atoms. The van der Waals surface area contributed by atoms with Crippen LogP contribution >= 0.6 is 5.51 Å². The molecule has 0 saturated carbocycles. The Balaban J connectivity index is 1.46. The fourth-order valence-electron chi connectivity index (χ4n) is 15.1. The number of rotatable bonds is 33. The van der Waals surface area contributed by atoms with Gasteiger partial charge in [0.05, 0.1) is 127 Å². The maximum absolute atomic E-state index is 6.65. The molecular weight excluding hydrogens is 1440 g/mol. The number of hydrogen-bond acceptors (Lipinski definition) is 6. The predicted molar refractivity (Wildman–Crippen MR) is 471 cm³/mol. The van der Waals surface area contributed by atoms with Crippen molar-refractivity contribution in [2.45, 2.75) is 83.1 Å². The number of benzene rings is 9. The summed E-state index contributed by atoms with van der Waals surface area (Å²) in [6.45, 7) is 36.1. The summed E-state index contributed by atoms with van der Waals surface area (Å²) in [4.78, 5) is 0. The molecule has 0 atom stereocenters. The van der Waals surface area contributed by atoms with Crippen LogP contribution in [0.25, 0.3) is 66.8 Å². The Hall–Kier alpha value is -7.51. The van der Waals surface area contributed by atoms with E-state index in [0.29, 0.717) is 39.6 Å². The van der Waals surface area contributed by atoms with Crippen LogP contribution in [0.4, 0.5) is 0 Å². The minimum absolute atomic E-state index is 0.610. The monoisotopic (exact) mass is 1580 g/mol. The molecule has 0 aliphatic heterocycles. The third-order valence-electron chi connectivity index (χ3n) is 20.8. The molecule has 0 aromatic heterocycles. The van der Waals surface area contributed by atoms with E-state index >= 15 is 0 Å². The van der Waals surface area contributed by atoms with E-state index in [-0.39, 0.29) is 0 Å². The second-order valence-corrected chi connectivity index (χ2v) is 43.9. The molecule has 0 spiro atoms. The summed E-state index contributed by atoms with van der Waals surface area (Å²) in [7, 11) is 39.9. The molecule has 0 amide bonds. The van der Waals surface area contributed by atoms with Gasteiger partial charge in [-0.05, 0) is 0 Å². The molecule has 9 aromatic rings. The van der Waals surface area contributed by atoms with E-state index in [2.05, 4.69) is 352 Å². The topological polar surface area (TPSA) is 55.4 Å². The van der Waals surface area contributed by atoms with E-state index in [1.165, 1.54) is 49.3 Å². The van der Waals surface area contributed by atoms with Crippen molar-refractivity contribution in [2.75, 3.05) is 206 Å². The summed E-state index contributed by atoms with van der Waals surface area (Å²) in [5.74, 6) is 5.29. The Labute approximate surface area is 671 Å². The van der Waals surface area contributed by atoms with Crippen LogP contribution in [0, 0.1) is 83.1 Å². The molecule has 0 saturated heterocycles. The van der Waals surface area contributed by atoms with E-state index in [0.717, 1.165) is 201 Å². The van der Waals surface area contributed by atoms with E-state index in [1.54, 1.807) is 0 Å². The van der Waals surface area contributed by atoms with Gasteiger partial charge in [0.25, 0.3) is 0 Å². The van der Waals surface area contributed by atoms with Crippen LogP contribution in [0.15, 0.2) is 127 Å². The number of hydrogen-bond donors (Lipinski definition) is 0. The van der Waals surface area contributed by atoms with Crippen LogP contribution in [-0.4, -0.2) is 248 Å². The molecule has 590 valence electrons. The average Bonchev–Trinajstić information content (AvgIpc) is 0.726. The van der Waals surface area contributed by atoms with Gasteiger partial charge < -0.3 is 0 Å². The fraction of sp³-hybridized carbons (Fsp3) is 0.438. The first-order chi connectivity index (χ1) is 51.0. The number of ether oxygens (including phenoxy) is 6. The Bertz CT molecular complexity index is 3980. The van der Waals surface area contributed by atoms with Crippen molar-refractivity contribution in [1.82, 2.24) is 0 Å². The van der Waals surface area contributed by atoms with Gasteiger partial charge in [0.15, 0.2) is 0 Å². The van der Waals surface area contributed by atoms with Crippen molar-refractivity contribution in [3.8, 4) is 101 Å². The van der Waals surface area contributed by atoms with Gasteiger partial charge in [-0.3, -0.25) is 0 Å². The standard InChI is InChI=1S/C96H135N6O6PSe/c1-64-43-82(103-37-31-97(13,14)15)44-65(2)91(64)76-55-77(92-66(3)45-83(46-67(92)4)104-38-32-98(16,17)18)59-88(58-76)109(110,89-60-78(93-68(5)47-84(48-69(93)6)105-39-33-99(19,20)21)56-79(61-89)94-70(7)49-85(50-71(94)8)106-40-34-100(22,23)24)90-62-80(95-72(9)51-86(52-73(95)10)107-41-35-101(25,26)27)57-81(63-90)96-74(11)53-87(54-75(96)12)108-42-36-102(28,29)30/h43-63H,31-42H2,1-30H3/q+6. The number of likely N-dealkylation sites (N-methyl/N-ethyl adjacent to an activating group) is 6. The fourth-order valence-corrected chi connectivity index (χ4v) is 19.9. The van der Waals surface area contributed by atoms with Crippen molar-refractivity contribution in [3.63, 3.8) is 0 Å². The van der Waals surface area contributed by atoms with Crippen molar-refractivity contribution in [1.29, 1.82) is 0 Å². The Morgan fingerprint density at radius 2 is 0.318 bits per heavy atom. The van der Waals surface area contributed by atoms with E-state index in [9.17, 15) is 0 Å². The first-order valence-corrected chi connectivity index (χ1v) is 43.4. The van der Waals surface area contributed by atoms with E-state index in [4.69, 9.17) is 28.4 Å². The summed E-state index contributed by atoms with van der Waals surface area (Å²) in [5, 5.41) is 3.61. The Morgan fingerprint density at radius 3 is 0.427 bits per heavy atom. The van der Waals surface area contributed by atoms with Gasteiger partial charge in [-0.1, -0.05) is 0 Å². The van der Waals surface area contributed by atoms with Gasteiger partial charge in [0, 0.05) is 0 Å². The molecule has 0 fully saturated rings. The molecule has 9 aromatic carbocycles. The second-order valence-electron chi connectivity index (χ2n) is 37.7. The second kappa shape index (κ2) is 34.4. The predicted octanol–water partition coefficient (Wildman–Crippen LogP) is 17.3. The summed E-state index contributed by atoms with van der Waals surface area (Å²) >= 11 is 4.34. The van der Waals surface area contributed by atoms with Crippen molar-refractivity contribution in [2.24, 2.45) is 0 Å². The van der Waals surface area contributed by atoms with Crippen molar-refractivity contribution < 1.29 is 55.3 Å². The van der Waals surface area contributed by atoms with Crippen LogP contribution in [-0.2, 0) is 0 Å². The Kier molecular flexibility index (Phi) is 27.1. The first-order valence-electron chi connectivity index (χ1n) is 39.4. The summed E-state index contributed by atoms with van der Waals surface area (Å²) in [5.41, 5.74) is 24.7. The summed E-state index contributed by atoms with van der Waals surface area (Å²) in [6, 6.07) is 49.6. The van der Waals surface area contributed by atoms with Gasteiger partial charge >= 0.3 is 549 Å². The summed E-state index contributed by atoms with van der Waals surface area (Å²) in [6.07, 6.45) is 0. The number of aryl methyl sites for hydroxylation is 12. The quantitative estimate of drug-likeness (QED) is 0.0232. The van der Waals surface area contributed by atoms with Crippen LogP contribution in [0.5, 0.6) is 34.5 Å². The number of nitrogens with zero attached hydrogens (tertiary/aromatic N) is 6. The zero-order valence-corrected chi connectivity index (χ0v) is 75.7. The van der Waals surface area contributed by atoms with Gasteiger partial charge in [-0.2, -0.15) is 0 Å². The van der Waals surface area contributed by atoms with Crippen LogP contribution in [0.2, 0.25) is 0 Å². The van der Waals surface area contributed by atoms with Crippen LogP contribution in [0.1, 0.15) is 66.8 Å². The van der Waals surface area contributed by atoms with Crippen LogP contribution in [0.3, 0.4) is 0 Å². The molecule has 0 radical (unpaired) electrons. The molecule has 0 aliphatic rings. The molecule has 0 N–H and O–H groups in total. The molecule has 12 nitrogen and oxygen atoms in total. The molecule has 0 aliphatic carbocycles. The summed E-state index contributed by atoms with van der Waals surface area (Å²) < 4.78 is 44.8. The molecule has 14 heteroatoms. The van der Waals surface area contributed by atoms with Crippen molar-refractivity contribution >= 4 is 36.5 Å². The molecular formula is C96H135N6O6PSe+6.